The number of hydrogen-bond acceptors (Lipinski definition) is 5. The fraction of sp³-hybridized carbons (Fsp3) is 0.208. The zero-order chi connectivity index (χ0) is 23.2. The highest BCUT2D eigenvalue weighted by molar-refractivity contribution is 7.17. The van der Waals surface area contributed by atoms with E-state index in [2.05, 4.69) is 31.2 Å². The van der Waals surface area contributed by atoms with Gasteiger partial charge in [-0.1, -0.05) is 29.3 Å². The van der Waals surface area contributed by atoms with E-state index in [-0.39, 0.29) is 5.91 Å². The number of rotatable bonds is 9. The Labute approximate surface area is 206 Å². The number of anilines is 1. The third-order valence-corrected chi connectivity index (χ3v) is 6.84. The molecule has 0 unspecified atom stereocenters. The van der Waals surface area contributed by atoms with E-state index in [1.54, 1.807) is 18.3 Å². The van der Waals surface area contributed by atoms with Crippen LogP contribution in [0.1, 0.15) is 20.9 Å². The Bertz CT molecular complexity index is 1250. The molecule has 2 N–H and O–H groups in total. The highest BCUT2D eigenvalue weighted by atomic mass is 35.5. The molecular weight excluding hydrogens is 477 g/mol. The van der Waals surface area contributed by atoms with E-state index < -0.39 is 0 Å². The maximum Gasteiger partial charge on any atom is 0.261 e. The van der Waals surface area contributed by atoms with E-state index in [1.807, 2.05) is 43.6 Å². The van der Waals surface area contributed by atoms with E-state index in [0.717, 1.165) is 29.1 Å². The molecule has 0 aliphatic carbocycles. The Morgan fingerprint density at radius 2 is 1.97 bits per heavy atom. The van der Waals surface area contributed by atoms with Crippen molar-refractivity contribution in [3.05, 3.63) is 87.1 Å². The van der Waals surface area contributed by atoms with Gasteiger partial charge in [0.25, 0.3) is 5.91 Å². The lowest BCUT2D eigenvalue weighted by Gasteiger charge is -2.07. The highest BCUT2D eigenvalue weighted by Gasteiger charge is 2.12. The SMILES string of the molecule is Cn1cccc1CCNc1nccc(-c2ccc(C(=O)NCCc3ccc(Cl)cc3Cl)s2)n1. The average molecular weight is 500 g/mol. The van der Waals surface area contributed by atoms with Crippen molar-refractivity contribution in [1.29, 1.82) is 0 Å². The van der Waals surface area contributed by atoms with Crippen LogP contribution in [0.4, 0.5) is 5.95 Å². The minimum Gasteiger partial charge on any atom is -0.354 e. The molecule has 0 saturated heterocycles. The van der Waals surface area contributed by atoms with Gasteiger partial charge in [0.2, 0.25) is 5.95 Å². The summed E-state index contributed by atoms with van der Waals surface area (Å²) in [5, 5.41) is 7.42. The summed E-state index contributed by atoms with van der Waals surface area (Å²) in [6, 6.07) is 15.1. The fourth-order valence-electron chi connectivity index (χ4n) is 3.36. The Morgan fingerprint density at radius 1 is 1.09 bits per heavy atom. The van der Waals surface area contributed by atoms with Crippen molar-refractivity contribution < 1.29 is 4.79 Å². The molecule has 0 bridgehead atoms. The van der Waals surface area contributed by atoms with Gasteiger partial charge in [0, 0.05) is 54.7 Å². The Morgan fingerprint density at radius 3 is 2.76 bits per heavy atom. The van der Waals surface area contributed by atoms with Crippen LogP contribution in [0, 0.1) is 0 Å². The molecule has 0 aliphatic rings. The molecule has 4 rings (SSSR count). The number of aromatic nitrogens is 3. The third kappa shape index (κ3) is 6.13. The molecule has 0 atom stereocenters. The summed E-state index contributed by atoms with van der Waals surface area (Å²) < 4.78 is 2.10. The largest absolute Gasteiger partial charge is 0.354 e. The number of halogens is 2. The van der Waals surface area contributed by atoms with Crippen molar-refractivity contribution in [2.24, 2.45) is 7.05 Å². The summed E-state index contributed by atoms with van der Waals surface area (Å²) in [5.74, 6) is 0.451. The minimum atomic E-state index is -0.119. The minimum absolute atomic E-state index is 0.119. The molecule has 1 amide bonds. The number of hydrogen-bond donors (Lipinski definition) is 2. The van der Waals surface area contributed by atoms with Crippen molar-refractivity contribution in [3.8, 4) is 10.6 Å². The Hall–Kier alpha value is -2.87. The average Bonchev–Trinajstić information content (AvgIpc) is 3.45. The number of carbonyl (C=O) groups excluding carboxylic acids is 1. The van der Waals surface area contributed by atoms with E-state index in [9.17, 15) is 4.79 Å². The lowest BCUT2D eigenvalue weighted by atomic mass is 10.1. The summed E-state index contributed by atoms with van der Waals surface area (Å²) in [4.78, 5) is 23.0. The molecule has 4 aromatic rings. The number of aryl methyl sites for hydroxylation is 1. The van der Waals surface area contributed by atoms with E-state index >= 15 is 0 Å². The van der Waals surface area contributed by atoms with Gasteiger partial charge in [-0.05, 0) is 54.4 Å². The zero-order valence-electron chi connectivity index (χ0n) is 18.0. The van der Waals surface area contributed by atoms with Crippen molar-refractivity contribution in [2.45, 2.75) is 12.8 Å². The first-order valence-corrected chi connectivity index (χ1v) is 12.1. The third-order valence-electron chi connectivity index (χ3n) is 5.15. The van der Waals surface area contributed by atoms with Gasteiger partial charge >= 0.3 is 0 Å². The topological polar surface area (TPSA) is 71.8 Å². The van der Waals surface area contributed by atoms with Crippen LogP contribution in [-0.2, 0) is 19.9 Å². The second kappa shape index (κ2) is 10.8. The van der Waals surface area contributed by atoms with Crippen LogP contribution < -0.4 is 10.6 Å². The van der Waals surface area contributed by atoms with E-state index in [1.165, 1.54) is 17.0 Å². The number of amides is 1. The zero-order valence-corrected chi connectivity index (χ0v) is 20.3. The van der Waals surface area contributed by atoms with E-state index in [0.29, 0.717) is 33.8 Å². The van der Waals surface area contributed by atoms with Crippen LogP contribution in [0.25, 0.3) is 10.6 Å². The fourth-order valence-corrected chi connectivity index (χ4v) is 4.75. The van der Waals surface area contributed by atoms with Gasteiger partial charge in [-0.2, -0.15) is 0 Å². The summed E-state index contributed by atoms with van der Waals surface area (Å²) in [5.41, 5.74) is 2.97. The van der Waals surface area contributed by atoms with Crippen LogP contribution in [0.5, 0.6) is 0 Å². The van der Waals surface area contributed by atoms with Crippen LogP contribution in [-0.4, -0.2) is 33.5 Å². The van der Waals surface area contributed by atoms with Gasteiger partial charge in [-0.3, -0.25) is 4.79 Å². The van der Waals surface area contributed by atoms with Crippen molar-refractivity contribution in [1.82, 2.24) is 19.9 Å². The molecule has 170 valence electrons. The monoisotopic (exact) mass is 499 g/mol. The maximum absolute atomic E-state index is 12.6. The molecule has 0 saturated carbocycles. The standard InChI is InChI=1S/C24H23Cl2N5OS/c1-31-14-2-3-18(31)9-12-28-24-29-13-10-20(30-24)21-6-7-22(33-21)23(32)27-11-8-16-4-5-17(25)15-19(16)26/h2-7,10,13-15H,8-9,11-12H2,1H3,(H,27,32)(H,28,29,30). The molecule has 3 heterocycles. The first-order valence-electron chi connectivity index (χ1n) is 10.5. The summed E-state index contributed by atoms with van der Waals surface area (Å²) >= 11 is 13.5. The molecule has 3 aromatic heterocycles. The van der Waals surface area contributed by atoms with Gasteiger partial charge < -0.3 is 15.2 Å². The van der Waals surface area contributed by atoms with E-state index in [4.69, 9.17) is 23.2 Å². The Balaban J connectivity index is 1.32. The molecule has 0 fully saturated rings. The van der Waals surface area contributed by atoms with Crippen LogP contribution in [0.3, 0.4) is 0 Å². The predicted octanol–water partition coefficient (Wildman–Crippen LogP) is 5.48. The van der Waals surface area contributed by atoms with Gasteiger partial charge in [-0.25, -0.2) is 9.97 Å². The van der Waals surface area contributed by atoms with Gasteiger partial charge in [0.05, 0.1) is 15.4 Å². The van der Waals surface area contributed by atoms with Gasteiger partial charge in [0.15, 0.2) is 0 Å². The van der Waals surface area contributed by atoms with Crippen LogP contribution in [0.2, 0.25) is 10.0 Å². The number of nitrogens with one attached hydrogen (secondary N) is 2. The van der Waals surface area contributed by atoms with Gasteiger partial charge in [-0.15, -0.1) is 11.3 Å². The van der Waals surface area contributed by atoms with Gasteiger partial charge in [0.1, 0.15) is 0 Å². The second-order valence-corrected chi connectivity index (χ2v) is 9.39. The lowest BCUT2D eigenvalue weighted by Crippen LogP contribution is -2.24. The maximum atomic E-state index is 12.6. The molecular formula is C24H23Cl2N5OS. The first-order chi connectivity index (χ1) is 16.0. The smallest absolute Gasteiger partial charge is 0.261 e. The molecule has 1 aromatic carbocycles. The summed E-state index contributed by atoms with van der Waals surface area (Å²) in [6.07, 6.45) is 5.26. The lowest BCUT2D eigenvalue weighted by molar-refractivity contribution is 0.0958. The van der Waals surface area contributed by atoms with Crippen LogP contribution in [0.15, 0.2) is 60.9 Å². The molecule has 0 spiro atoms. The predicted molar refractivity (Wildman–Crippen MR) is 135 cm³/mol. The number of benzene rings is 1. The van der Waals surface area contributed by atoms with Crippen molar-refractivity contribution in [2.75, 3.05) is 18.4 Å². The quantitative estimate of drug-likeness (QED) is 0.320. The summed E-state index contributed by atoms with van der Waals surface area (Å²) in [6.45, 7) is 1.22. The number of nitrogens with zero attached hydrogens (tertiary/aromatic N) is 3. The Kier molecular flexibility index (Phi) is 7.65. The van der Waals surface area contributed by atoms with Crippen LogP contribution >= 0.6 is 34.5 Å². The molecule has 9 heteroatoms. The first kappa shape index (κ1) is 23.3. The number of thiophene rings is 1. The van der Waals surface area contributed by atoms with Crippen molar-refractivity contribution >= 4 is 46.4 Å². The molecule has 0 aliphatic heterocycles. The normalized spacial score (nSPS) is 10.9. The molecule has 33 heavy (non-hydrogen) atoms. The van der Waals surface area contributed by atoms with Crippen molar-refractivity contribution in [3.63, 3.8) is 0 Å². The summed E-state index contributed by atoms with van der Waals surface area (Å²) in [7, 11) is 2.03. The molecule has 6 nitrogen and oxygen atoms in total. The second-order valence-electron chi connectivity index (χ2n) is 7.46. The molecule has 0 radical (unpaired) electrons. The highest BCUT2D eigenvalue weighted by Crippen LogP contribution is 2.27. The number of carbonyl (C=O) groups is 1.